The Morgan fingerprint density at radius 1 is 1.05 bits per heavy atom. The minimum absolute atomic E-state index is 0.109. The summed E-state index contributed by atoms with van der Waals surface area (Å²) in [6, 6.07) is 2.92. The van der Waals surface area contributed by atoms with E-state index in [0.717, 1.165) is 12.1 Å². The number of alkyl halides is 3. The third-order valence-corrected chi connectivity index (χ3v) is 3.05. The van der Waals surface area contributed by atoms with Crippen molar-refractivity contribution < 1.29 is 22.0 Å². The van der Waals surface area contributed by atoms with Crippen LogP contribution in [0.25, 0.3) is 0 Å². The van der Waals surface area contributed by atoms with Crippen LogP contribution in [0.5, 0.6) is 0 Å². The maximum Gasteiger partial charge on any atom is 0.416 e. The number of nitrogens with two attached hydrogens (primary N) is 1. The molecular formula is C12H7BrF5N3. The van der Waals surface area contributed by atoms with Crippen LogP contribution in [0.4, 0.5) is 39.3 Å². The van der Waals surface area contributed by atoms with Crippen LogP contribution in [-0.2, 0) is 6.18 Å². The highest BCUT2D eigenvalue weighted by molar-refractivity contribution is 9.10. The number of aromatic nitrogens is 1. The molecule has 0 radical (unpaired) electrons. The Balaban J connectivity index is 2.40. The summed E-state index contributed by atoms with van der Waals surface area (Å²) in [4.78, 5) is 3.60. The van der Waals surface area contributed by atoms with Gasteiger partial charge in [-0.3, -0.25) is 0 Å². The number of hydrogen-bond acceptors (Lipinski definition) is 3. The average Bonchev–Trinajstić information content (AvgIpc) is 2.34. The summed E-state index contributed by atoms with van der Waals surface area (Å²) in [5, 5.41) is 2.27. The lowest BCUT2D eigenvalue weighted by Gasteiger charge is -2.12. The van der Waals surface area contributed by atoms with Gasteiger partial charge in [0, 0.05) is 6.07 Å². The molecule has 2 rings (SSSR count). The van der Waals surface area contributed by atoms with Gasteiger partial charge in [0.2, 0.25) is 0 Å². The number of anilines is 3. The number of rotatable bonds is 2. The first-order valence-corrected chi connectivity index (χ1v) is 6.22. The van der Waals surface area contributed by atoms with Crippen molar-refractivity contribution in [1.29, 1.82) is 0 Å². The molecule has 3 N–H and O–H groups in total. The Morgan fingerprint density at radius 3 is 2.33 bits per heavy atom. The van der Waals surface area contributed by atoms with Crippen molar-refractivity contribution in [1.82, 2.24) is 4.98 Å². The highest BCUT2D eigenvalue weighted by atomic mass is 79.9. The Morgan fingerprint density at radius 2 is 1.71 bits per heavy atom. The monoisotopic (exact) mass is 367 g/mol. The molecule has 0 bridgehead atoms. The van der Waals surface area contributed by atoms with Crippen molar-refractivity contribution in [3.63, 3.8) is 0 Å². The maximum absolute atomic E-state index is 13.6. The molecule has 2 aromatic rings. The summed E-state index contributed by atoms with van der Waals surface area (Å²) in [5.41, 5.74) is 3.87. The zero-order valence-electron chi connectivity index (χ0n) is 10.1. The van der Waals surface area contributed by atoms with E-state index in [9.17, 15) is 22.0 Å². The molecule has 0 saturated carbocycles. The number of nitrogens with one attached hydrogen (secondary N) is 1. The fourth-order valence-corrected chi connectivity index (χ4v) is 1.85. The Labute approximate surface area is 124 Å². The molecular weight excluding hydrogens is 361 g/mol. The normalized spacial score (nSPS) is 11.5. The van der Waals surface area contributed by atoms with Crippen LogP contribution in [0.3, 0.4) is 0 Å². The van der Waals surface area contributed by atoms with Gasteiger partial charge in [-0.15, -0.1) is 0 Å². The fraction of sp³-hybridized carbons (Fsp3) is 0.0833. The summed E-state index contributed by atoms with van der Waals surface area (Å²) in [6.07, 6.45) is -4.63. The topological polar surface area (TPSA) is 50.9 Å². The molecule has 112 valence electrons. The zero-order chi connectivity index (χ0) is 15.8. The molecule has 9 heteroatoms. The van der Waals surface area contributed by atoms with Crippen molar-refractivity contribution in [3.8, 4) is 0 Å². The standard InChI is InChI=1S/C12H7BrF5N3/c13-6-3-8(15)9(4-7(6)14)20-11-2-5(12(16,17)18)1-10(19)21-11/h1-4H,(H3,19,20,21). The van der Waals surface area contributed by atoms with Crippen LogP contribution in [0.15, 0.2) is 28.7 Å². The molecule has 21 heavy (non-hydrogen) atoms. The Hall–Kier alpha value is -1.90. The molecule has 0 amide bonds. The van der Waals surface area contributed by atoms with Crippen LogP contribution in [0, 0.1) is 11.6 Å². The highest BCUT2D eigenvalue weighted by Crippen LogP contribution is 2.33. The van der Waals surface area contributed by atoms with E-state index in [1.54, 1.807) is 0 Å². The molecule has 0 aliphatic heterocycles. The number of halogens is 6. The summed E-state index contributed by atoms with van der Waals surface area (Å²) >= 11 is 2.79. The molecule has 0 unspecified atom stereocenters. The highest BCUT2D eigenvalue weighted by Gasteiger charge is 2.31. The van der Waals surface area contributed by atoms with Crippen molar-refractivity contribution in [2.45, 2.75) is 6.18 Å². The van der Waals surface area contributed by atoms with E-state index in [4.69, 9.17) is 5.73 Å². The van der Waals surface area contributed by atoms with Crippen LogP contribution in [-0.4, -0.2) is 4.98 Å². The number of benzene rings is 1. The number of nitrogen functional groups attached to an aromatic ring is 1. The van der Waals surface area contributed by atoms with Gasteiger partial charge in [-0.2, -0.15) is 13.2 Å². The molecule has 0 atom stereocenters. The van der Waals surface area contributed by atoms with Gasteiger partial charge in [-0.25, -0.2) is 13.8 Å². The average molecular weight is 368 g/mol. The van der Waals surface area contributed by atoms with Crippen LogP contribution in [0.2, 0.25) is 0 Å². The van der Waals surface area contributed by atoms with Crippen LogP contribution >= 0.6 is 15.9 Å². The molecule has 0 spiro atoms. The van der Waals surface area contributed by atoms with Crippen molar-refractivity contribution in [2.75, 3.05) is 11.1 Å². The Kier molecular flexibility index (Phi) is 4.04. The first-order valence-electron chi connectivity index (χ1n) is 5.43. The summed E-state index contributed by atoms with van der Waals surface area (Å²) in [6.45, 7) is 0. The van der Waals surface area contributed by atoms with Gasteiger partial charge in [0.05, 0.1) is 15.7 Å². The van der Waals surface area contributed by atoms with E-state index in [2.05, 4.69) is 26.2 Å². The van der Waals surface area contributed by atoms with E-state index in [1.165, 1.54) is 0 Å². The predicted molar refractivity (Wildman–Crippen MR) is 71.0 cm³/mol. The second-order valence-corrected chi connectivity index (χ2v) is 4.89. The predicted octanol–water partition coefficient (Wildman–Crippen LogP) is 4.47. The third-order valence-electron chi connectivity index (χ3n) is 2.45. The van der Waals surface area contributed by atoms with E-state index >= 15 is 0 Å². The van der Waals surface area contributed by atoms with E-state index in [0.29, 0.717) is 12.1 Å². The molecule has 3 nitrogen and oxygen atoms in total. The lowest BCUT2D eigenvalue weighted by atomic mass is 10.2. The second-order valence-electron chi connectivity index (χ2n) is 4.03. The third kappa shape index (κ3) is 3.60. The van der Waals surface area contributed by atoms with Gasteiger partial charge in [0.25, 0.3) is 0 Å². The summed E-state index contributed by atoms with van der Waals surface area (Å²) in [7, 11) is 0. The largest absolute Gasteiger partial charge is 0.416 e. The molecule has 0 saturated heterocycles. The quantitative estimate of drug-likeness (QED) is 0.608. The molecule has 0 aliphatic carbocycles. The number of pyridine rings is 1. The molecule has 1 aromatic heterocycles. The van der Waals surface area contributed by atoms with Crippen molar-refractivity contribution in [3.05, 3.63) is 45.9 Å². The van der Waals surface area contributed by atoms with Gasteiger partial charge in [0.1, 0.15) is 23.3 Å². The van der Waals surface area contributed by atoms with Crippen molar-refractivity contribution in [2.24, 2.45) is 0 Å². The molecule has 0 fully saturated rings. The van der Waals surface area contributed by atoms with Crippen LogP contribution < -0.4 is 11.1 Å². The summed E-state index contributed by atoms with van der Waals surface area (Å²) < 4.78 is 64.7. The zero-order valence-corrected chi connectivity index (χ0v) is 11.7. The Bertz CT molecular complexity index is 687. The molecule has 1 heterocycles. The maximum atomic E-state index is 13.6. The van der Waals surface area contributed by atoms with E-state index in [-0.39, 0.29) is 16.0 Å². The second kappa shape index (κ2) is 5.47. The summed E-state index contributed by atoms with van der Waals surface area (Å²) in [5.74, 6) is -2.38. The first-order chi connectivity index (χ1) is 9.66. The smallest absolute Gasteiger partial charge is 0.384 e. The van der Waals surface area contributed by atoms with E-state index in [1.807, 2.05) is 0 Å². The minimum Gasteiger partial charge on any atom is -0.384 e. The van der Waals surface area contributed by atoms with Gasteiger partial charge >= 0.3 is 6.18 Å². The molecule has 1 aromatic carbocycles. The lowest BCUT2D eigenvalue weighted by molar-refractivity contribution is -0.137. The van der Waals surface area contributed by atoms with Gasteiger partial charge in [-0.1, -0.05) is 0 Å². The first kappa shape index (κ1) is 15.5. The van der Waals surface area contributed by atoms with Gasteiger partial charge in [-0.05, 0) is 34.1 Å². The van der Waals surface area contributed by atoms with E-state index < -0.39 is 29.2 Å². The minimum atomic E-state index is -4.63. The van der Waals surface area contributed by atoms with Gasteiger partial charge < -0.3 is 11.1 Å². The SMILES string of the molecule is Nc1cc(C(F)(F)F)cc(Nc2cc(F)c(Br)cc2F)n1. The number of nitrogens with zero attached hydrogens (tertiary/aromatic N) is 1. The number of hydrogen-bond donors (Lipinski definition) is 2. The fourth-order valence-electron chi connectivity index (χ4n) is 1.54. The van der Waals surface area contributed by atoms with Gasteiger partial charge in [0.15, 0.2) is 0 Å². The van der Waals surface area contributed by atoms with Crippen molar-refractivity contribution >= 4 is 33.3 Å². The van der Waals surface area contributed by atoms with Crippen LogP contribution in [0.1, 0.15) is 5.56 Å². The lowest BCUT2D eigenvalue weighted by Crippen LogP contribution is -2.08. The molecule has 0 aliphatic rings.